The van der Waals surface area contributed by atoms with Crippen LogP contribution in [0.5, 0.6) is 11.5 Å². The average molecular weight is 466 g/mol. The van der Waals surface area contributed by atoms with Crippen LogP contribution in [0.2, 0.25) is 0 Å². The van der Waals surface area contributed by atoms with Gasteiger partial charge in [0.1, 0.15) is 11.5 Å². The summed E-state index contributed by atoms with van der Waals surface area (Å²) in [5.41, 5.74) is 1.01. The van der Waals surface area contributed by atoms with E-state index in [0.717, 1.165) is 21.2 Å². The fourth-order valence-electron chi connectivity index (χ4n) is 3.03. The van der Waals surface area contributed by atoms with Gasteiger partial charge in [-0.3, -0.25) is 9.78 Å². The first-order valence-electron chi connectivity index (χ1n) is 9.51. The number of aryl methyl sites for hydroxylation is 1. The Morgan fingerprint density at radius 2 is 1.88 bits per heavy atom. The number of amides is 1. The first kappa shape index (κ1) is 21.7. The van der Waals surface area contributed by atoms with Crippen LogP contribution in [-0.4, -0.2) is 30.5 Å². The Morgan fingerprint density at radius 1 is 1.12 bits per heavy atom. The molecule has 0 saturated heterocycles. The molecule has 2 heterocycles. The molecule has 9 heteroatoms. The van der Waals surface area contributed by atoms with Crippen molar-refractivity contribution in [1.82, 2.24) is 9.97 Å². The van der Waals surface area contributed by atoms with Crippen molar-refractivity contribution in [3.63, 3.8) is 0 Å². The summed E-state index contributed by atoms with van der Waals surface area (Å²) >= 11 is 1.55. The topological polar surface area (TPSA) is 98.2 Å². The molecule has 0 aliphatic carbocycles. The third-order valence-electron chi connectivity index (χ3n) is 4.59. The van der Waals surface area contributed by atoms with Gasteiger partial charge in [-0.15, -0.1) is 11.3 Å². The van der Waals surface area contributed by atoms with E-state index < -0.39 is 9.84 Å². The molecule has 0 atom stereocenters. The molecule has 0 unspecified atom stereocenters. The maximum absolute atomic E-state index is 12.9. The summed E-state index contributed by atoms with van der Waals surface area (Å²) in [7, 11) is -3.30. The monoisotopic (exact) mass is 465 g/mol. The van der Waals surface area contributed by atoms with E-state index in [1.807, 2.05) is 13.0 Å². The highest BCUT2D eigenvalue weighted by atomic mass is 32.2. The summed E-state index contributed by atoms with van der Waals surface area (Å²) in [6.45, 7) is 5.61. The number of hydrogen-bond acceptors (Lipinski definition) is 7. The van der Waals surface area contributed by atoms with Gasteiger partial charge in [-0.1, -0.05) is 6.58 Å². The number of ether oxygens (including phenoxy) is 1. The fourth-order valence-corrected chi connectivity index (χ4v) is 4.64. The molecule has 0 bridgehead atoms. The molecule has 1 N–H and O–H groups in total. The Bertz CT molecular complexity index is 1420. The summed E-state index contributed by atoms with van der Waals surface area (Å²) < 4.78 is 30.3. The van der Waals surface area contributed by atoms with Crippen LogP contribution >= 0.6 is 11.3 Å². The molecule has 0 aliphatic rings. The molecule has 0 aliphatic heterocycles. The number of rotatable bonds is 6. The second kappa shape index (κ2) is 8.52. The number of carbonyl (C=O) groups is 1. The first-order valence-corrected chi connectivity index (χ1v) is 12.2. The molecule has 7 nitrogen and oxygen atoms in total. The SMILES string of the molecule is C=Cc1cnc(NC(=O)c2cc(Oc3ccc(S(C)(=O)=O)cc3)c3cc(C)sc3c2)cn1. The summed E-state index contributed by atoms with van der Waals surface area (Å²) in [5, 5.41) is 3.60. The van der Waals surface area contributed by atoms with Gasteiger partial charge in [0.15, 0.2) is 15.7 Å². The Morgan fingerprint density at radius 3 is 2.50 bits per heavy atom. The van der Waals surface area contributed by atoms with E-state index in [4.69, 9.17) is 4.74 Å². The maximum atomic E-state index is 12.9. The largest absolute Gasteiger partial charge is 0.457 e. The molecular formula is C23H19N3O4S2. The number of nitrogens with zero attached hydrogens (tertiary/aromatic N) is 2. The molecule has 2 aromatic carbocycles. The van der Waals surface area contributed by atoms with Crippen molar-refractivity contribution < 1.29 is 17.9 Å². The lowest BCUT2D eigenvalue weighted by Gasteiger charge is -2.10. The third kappa shape index (κ3) is 4.68. The van der Waals surface area contributed by atoms with Crippen molar-refractivity contribution in [2.75, 3.05) is 11.6 Å². The van der Waals surface area contributed by atoms with Crippen molar-refractivity contribution in [1.29, 1.82) is 0 Å². The summed E-state index contributed by atoms with van der Waals surface area (Å²) in [6.07, 6.45) is 5.70. The van der Waals surface area contributed by atoms with Crippen LogP contribution < -0.4 is 10.1 Å². The molecule has 4 aromatic rings. The van der Waals surface area contributed by atoms with Crippen LogP contribution in [0.1, 0.15) is 20.9 Å². The number of thiophene rings is 1. The van der Waals surface area contributed by atoms with Gasteiger partial charge in [-0.2, -0.15) is 0 Å². The average Bonchev–Trinajstić information content (AvgIpc) is 3.14. The van der Waals surface area contributed by atoms with E-state index in [2.05, 4.69) is 21.9 Å². The van der Waals surface area contributed by atoms with Crippen LogP contribution in [-0.2, 0) is 9.84 Å². The van der Waals surface area contributed by atoms with E-state index in [1.165, 1.54) is 24.5 Å². The predicted molar refractivity (Wildman–Crippen MR) is 126 cm³/mol. The number of carbonyl (C=O) groups excluding carboxylic acids is 1. The van der Waals surface area contributed by atoms with Crippen LogP contribution in [0.4, 0.5) is 5.82 Å². The van der Waals surface area contributed by atoms with Crippen molar-refractivity contribution in [2.45, 2.75) is 11.8 Å². The molecule has 162 valence electrons. The lowest BCUT2D eigenvalue weighted by atomic mass is 10.1. The van der Waals surface area contributed by atoms with Gasteiger partial charge in [0.25, 0.3) is 5.91 Å². The molecule has 0 fully saturated rings. The smallest absolute Gasteiger partial charge is 0.257 e. The van der Waals surface area contributed by atoms with Crippen molar-refractivity contribution in [3.05, 3.63) is 77.6 Å². The zero-order chi connectivity index (χ0) is 22.9. The molecule has 4 rings (SSSR count). The summed E-state index contributed by atoms with van der Waals surface area (Å²) in [5.74, 6) is 0.931. The van der Waals surface area contributed by atoms with Gasteiger partial charge in [-0.25, -0.2) is 13.4 Å². The molecular weight excluding hydrogens is 446 g/mol. The Labute approximate surface area is 189 Å². The highest BCUT2D eigenvalue weighted by molar-refractivity contribution is 7.90. The van der Waals surface area contributed by atoms with Crippen LogP contribution in [0.25, 0.3) is 16.2 Å². The fraction of sp³-hybridized carbons (Fsp3) is 0.0870. The lowest BCUT2D eigenvalue weighted by Crippen LogP contribution is -2.13. The Kier molecular flexibility index (Phi) is 5.77. The van der Waals surface area contributed by atoms with E-state index >= 15 is 0 Å². The van der Waals surface area contributed by atoms with Crippen LogP contribution in [0.3, 0.4) is 0 Å². The van der Waals surface area contributed by atoms with E-state index in [-0.39, 0.29) is 10.8 Å². The second-order valence-electron chi connectivity index (χ2n) is 7.07. The number of sulfone groups is 1. The predicted octanol–water partition coefficient (Wildman–Crippen LogP) is 5.09. The van der Waals surface area contributed by atoms with Crippen molar-refractivity contribution in [2.24, 2.45) is 0 Å². The number of anilines is 1. The number of hydrogen-bond donors (Lipinski definition) is 1. The molecule has 0 radical (unpaired) electrons. The van der Waals surface area contributed by atoms with Gasteiger partial charge >= 0.3 is 0 Å². The number of aromatic nitrogens is 2. The summed E-state index contributed by atoms with van der Waals surface area (Å²) in [4.78, 5) is 22.4. The zero-order valence-electron chi connectivity index (χ0n) is 17.3. The third-order valence-corrected chi connectivity index (χ3v) is 6.71. The van der Waals surface area contributed by atoms with Crippen molar-refractivity contribution >= 4 is 49.1 Å². The second-order valence-corrected chi connectivity index (χ2v) is 10.4. The van der Waals surface area contributed by atoms with Gasteiger partial charge in [-0.05, 0) is 55.5 Å². The highest BCUT2D eigenvalue weighted by Gasteiger charge is 2.15. The van der Waals surface area contributed by atoms with Crippen LogP contribution in [0.15, 0.2) is 66.3 Å². The van der Waals surface area contributed by atoms with Gasteiger partial charge < -0.3 is 10.1 Å². The Balaban J connectivity index is 1.66. The minimum absolute atomic E-state index is 0.207. The maximum Gasteiger partial charge on any atom is 0.257 e. The van der Waals surface area contributed by atoms with Crippen LogP contribution in [0, 0.1) is 6.92 Å². The normalized spacial score (nSPS) is 11.3. The van der Waals surface area contributed by atoms with E-state index in [1.54, 1.807) is 41.7 Å². The molecule has 0 spiro atoms. The molecule has 2 aromatic heterocycles. The van der Waals surface area contributed by atoms with E-state index in [9.17, 15) is 13.2 Å². The lowest BCUT2D eigenvalue weighted by molar-refractivity contribution is 0.102. The quantitative estimate of drug-likeness (QED) is 0.426. The minimum Gasteiger partial charge on any atom is -0.457 e. The number of benzene rings is 2. The number of fused-ring (bicyclic) bond motifs is 1. The number of nitrogens with one attached hydrogen (secondary N) is 1. The zero-order valence-corrected chi connectivity index (χ0v) is 19.0. The molecule has 1 amide bonds. The summed E-state index contributed by atoms with van der Waals surface area (Å²) in [6, 6.07) is 11.6. The van der Waals surface area contributed by atoms with E-state index in [0.29, 0.717) is 28.6 Å². The highest BCUT2D eigenvalue weighted by Crippen LogP contribution is 2.36. The van der Waals surface area contributed by atoms with Crippen molar-refractivity contribution in [3.8, 4) is 11.5 Å². The minimum atomic E-state index is -3.30. The van der Waals surface area contributed by atoms with Gasteiger partial charge in [0.05, 0.1) is 23.0 Å². The van der Waals surface area contributed by atoms with Gasteiger partial charge in [0.2, 0.25) is 0 Å². The first-order chi connectivity index (χ1) is 15.2. The Hall–Kier alpha value is -3.56. The molecule has 32 heavy (non-hydrogen) atoms. The van der Waals surface area contributed by atoms with Gasteiger partial charge in [0, 0.05) is 26.8 Å². The molecule has 0 saturated carbocycles. The standard InChI is InChI=1S/C23H19N3O4S2/c1-4-16-12-25-22(13-24-16)26-23(27)15-10-20(19-9-14(2)31-21(19)11-15)30-17-5-7-18(8-6-17)32(3,28)29/h4-13H,1H2,2-3H3,(H,25,26,27).